The third-order valence-corrected chi connectivity index (χ3v) is 5.54. The molecule has 0 radical (unpaired) electrons. The van der Waals surface area contributed by atoms with Gasteiger partial charge in [-0.3, -0.25) is 9.79 Å². The van der Waals surface area contributed by atoms with Crippen molar-refractivity contribution in [3.05, 3.63) is 45.9 Å². The van der Waals surface area contributed by atoms with Crippen molar-refractivity contribution < 1.29 is 4.79 Å². The molecule has 1 aromatic carbocycles. The number of carbonyl (C=O) groups excluding carboxylic acids is 1. The minimum atomic E-state index is 0. The minimum absolute atomic E-state index is 0. The number of guanidine groups is 1. The SMILES string of the molecule is CN=C(NCCCC(=O)N1CCc2ccccc21)NCCc1ncc(C)s1.I. The molecule has 0 unspecified atom stereocenters. The predicted octanol–water partition coefficient (Wildman–Crippen LogP) is 3.15. The number of aryl methyl sites for hydroxylation is 1. The van der Waals surface area contributed by atoms with Crippen LogP contribution in [0.25, 0.3) is 0 Å². The molecule has 2 heterocycles. The fourth-order valence-corrected chi connectivity index (χ4v) is 3.99. The van der Waals surface area contributed by atoms with Crippen molar-refractivity contribution in [3.8, 4) is 0 Å². The monoisotopic (exact) mass is 513 g/mol. The number of nitrogens with one attached hydrogen (secondary N) is 2. The number of anilines is 1. The van der Waals surface area contributed by atoms with Crippen LogP contribution in [0.5, 0.6) is 0 Å². The molecule has 1 aliphatic heterocycles. The molecule has 2 aromatic rings. The Labute approximate surface area is 187 Å². The molecule has 0 atom stereocenters. The number of benzene rings is 1. The van der Waals surface area contributed by atoms with E-state index in [9.17, 15) is 4.79 Å². The molecular weight excluding hydrogens is 485 g/mol. The molecule has 2 N–H and O–H groups in total. The van der Waals surface area contributed by atoms with Gasteiger partial charge >= 0.3 is 0 Å². The van der Waals surface area contributed by atoms with Crippen molar-refractivity contribution in [3.63, 3.8) is 0 Å². The van der Waals surface area contributed by atoms with E-state index in [0.29, 0.717) is 6.42 Å². The predicted molar refractivity (Wildman–Crippen MR) is 127 cm³/mol. The van der Waals surface area contributed by atoms with E-state index in [1.54, 1.807) is 18.4 Å². The number of hydrogen-bond acceptors (Lipinski definition) is 4. The van der Waals surface area contributed by atoms with Gasteiger partial charge in [-0.15, -0.1) is 35.3 Å². The first-order valence-corrected chi connectivity index (χ1v) is 10.2. The van der Waals surface area contributed by atoms with Crippen LogP contribution in [0.15, 0.2) is 35.5 Å². The van der Waals surface area contributed by atoms with Crippen molar-refractivity contribution >= 4 is 52.9 Å². The van der Waals surface area contributed by atoms with Gasteiger partial charge in [0.05, 0.1) is 5.01 Å². The number of halogens is 1. The Morgan fingerprint density at radius 1 is 1.29 bits per heavy atom. The summed E-state index contributed by atoms with van der Waals surface area (Å²) in [5.41, 5.74) is 2.34. The zero-order valence-corrected chi connectivity index (χ0v) is 19.5. The highest BCUT2D eigenvalue weighted by Crippen LogP contribution is 2.27. The van der Waals surface area contributed by atoms with Crippen LogP contribution in [0.2, 0.25) is 0 Å². The van der Waals surface area contributed by atoms with Gasteiger partial charge in [-0.05, 0) is 31.4 Å². The molecular formula is C20H28IN5OS. The summed E-state index contributed by atoms with van der Waals surface area (Å²) in [5, 5.41) is 7.70. The van der Waals surface area contributed by atoms with Crippen LogP contribution in [0.1, 0.15) is 28.3 Å². The van der Waals surface area contributed by atoms with Crippen molar-refractivity contribution in [2.75, 3.05) is 31.6 Å². The topological polar surface area (TPSA) is 69.6 Å². The number of rotatable bonds is 7. The first-order valence-electron chi connectivity index (χ1n) is 9.41. The van der Waals surface area contributed by atoms with Gasteiger partial charge < -0.3 is 15.5 Å². The van der Waals surface area contributed by atoms with E-state index in [1.165, 1.54) is 10.4 Å². The molecule has 0 aliphatic carbocycles. The molecule has 0 spiro atoms. The van der Waals surface area contributed by atoms with Gasteiger partial charge in [-0.25, -0.2) is 4.98 Å². The molecule has 3 rings (SSSR count). The molecule has 6 nitrogen and oxygen atoms in total. The fourth-order valence-electron chi connectivity index (χ4n) is 3.20. The highest BCUT2D eigenvalue weighted by molar-refractivity contribution is 14.0. The number of aliphatic imine (C=N–C) groups is 1. The number of amides is 1. The Bertz CT molecular complexity index is 807. The first-order chi connectivity index (χ1) is 13.2. The lowest BCUT2D eigenvalue weighted by Crippen LogP contribution is -2.39. The van der Waals surface area contributed by atoms with Crippen molar-refractivity contribution in [2.45, 2.75) is 32.6 Å². The summed E-state index contributed by atoms with van der Waals surface area (Å²) in [5.74, 6) is 0.964. The normalized spacial score (nSPS) is 13.1. The third-order valence-electron chi connectivity index (χ3n) is 4.57. The Balaban J connectivity index is 0.00000280. The van der Waals surface area contributed by atoms with Gasteiger partial charge in [0.25, 0.3) is 0 Å². The van der Waals surface area contributed by atoms with Gasteiger partial charge in [-0.2, -0.15) is 0 Å². The number of fused-ring (bicyclic) bond motifs is 1. The molecule has 0 saturated heterocycles. The summed E-state index contributed by atoms with van der Waals surface area (Å²) in [4.78, 5) is 24.2. The number of carbonyl (C=O) groups is 1. The number of aromatic nitrogens is 1. The molecule has 1 aromatic heterocycles. The Morgan fingerprint density at radius 3 is 2.82 bits per heavy atom. The Kier molecular flexibility index (Phi) is 9.17. The fraction of sp³-hybridized carbons (Fsp3) is 0.450. The lowest BCUT2D eigenvalue weighted by molar-refractivity contribution is -0.118. The lowest BCUT2D eigenvalue weighted by atomic mass is 10.2. The zero-order valence-electron chi connectivity index (χ0n) is 16.4. The number of nitrogens with zero attached hydrogens (tertiary/aromatic N) is 3. The molecule has 0 saturated carbocycles. The van der Waals surface area contributed by atoms with Crippen molar-refractivity contribution in [2.24, 2.45) is 4.99 Å². The van der Waals surface area contributed by atoms with E-state index >= 15 is 0 Å². The second kappa shape index (κ2) is 11.4. The van der Waals surface area contributed by atoms with Crippen molar-refractivity contribution in [1.82, 2.24) is 15.6 Å². The van der Waals surface area contributed by atoms with Gasteiger partial charge in [0, 0.05) is 56.3 Å². The van der Waals surface area contributed by atoms with E-state index in [-0.39, 0.29) is 29.9 Å². The summed E-state index contributed by atoms with van der Waals surface area (Å²) < 4.78 is 0. The maximum Gasteiger partial charge on any atom is 0.227 e. The largest absolute Gasteiger partial charge is 0.356 e. The van der Waals surface area contributed by atoms with Crippen LogP contribution in [0.4, 0.5) is 5.69 Å². The van der Waals surface area contributed by atoms with Crippen molar-refractivity contribution in [1.29, 1.82) is 0 Å². The highest BCUT2D eigenvalue weighted by Gasteiger charge is 2.23. The van der Waals surface area contributed by atoms with Crippen LogP contribution >= 0.6 is 35.3 Å². The van der Waals surface area contributed by atoms with E-state index in [4.69, 9.17) is 0 Å². The second-order valence-corrected chi connectivity index (χ2v) is 7.89. The maximum absolute atomic E-state index is 12.5. The second-order valence-electron chi connectivity index (χ2n) is 6.57. The van der Waals surface area contributed by atoms with Crippen LogP contribution in [0, 0.1) is 6.92 Å². The highest BCUT2D eigenvalue weighted by atomic mass is 127. The summed E-state index contributed by atoms with van der Waals surface area (Å²) >= 11 is 1.73. The van der Waals surface area contributed by atoms with Crippen LogP contribution in [-0.2, 0) is 17.6 Å². The van der Waals surface area contributed by atoms with Crippen LogP contribution < -0.4 is 15.5 Å². The summed E-state index contributed by atoms with van der Waals surface area (Å²) in [6.07, 6.45) is 5.06. The number of para-hydroxylation sites is 1. The molecule has 0 bridgehead atoms. The van der Waals surface area contributed by atoms with E-state index in [0.717, 1.165) is 55.6 Å². The van der Waals surface area contributed by atoms with Gasteiger partial charge in [-0.1, -0.05) is 18.2 Å². The van der Waals surface area contributed by atoms with Crippen LogP contribution in [-0.4, -0.2) is 43.5 Å². The Morgan fingerprint density at radius 2 is 2.07 bits per heavy atom. The van der Waals surface area contributed by atoms with E-state index in [2.05, 4.69) is 33.6 Å². The minimum Gasteiger partial charge on any atom is -0.356 e. The molecule has 0 fully saturated rings. The zero-order chi connectivity index (χ0) is 19.1. The van der Waals surface area contributed by atoms with Crippen LogP contribution in [0.3, 0.4) is 0 Å². The summed E-state index contributed by atoms with van der Waals surface area (Å²) in [6.45, 7) is 4.37. The molecule has 152 valence electrons. The quantitative estimate of drug-likeness (QED) is 0.259. The molecule has 28 heavy (non-hydrogen) atoms. The van der Waals surface area contributed by atoms with Gasteiger partial charge in [0.15, 0.2) is 5.96 Å². The maximum atomic E-state index is 12.5. The van der Waals surface area contributed by atoms with E-state index < -0.39 is 0 Å². The first kappa shape index (κ1) is 22.6. The Hall–Kier alpha value is -1.68. The lowest BCUT2D eigenvalue weighted by Gasteiger charge is -2.17. The number of thiazole rings is 1. The average Bonchev–Trinajstić information content (AvgIpc) is 3.29. The third kappa shape index (κ3) is 6.16. The number of hydrogen-bond donors (Lipinski definition) is 2. The standard InChI is InChI=1S/C20H27N5OS.HI/c1-15-14-24-18(27-15)9-12-23-20(21-2)22-11-5-8-19(26)25-13-10-16-6-3-4-7-17(16)25;/h3-4,6-7,14H,5,8-13H2,1-2H3,(H2,21,22,23);1H. The van der Waals surface area contributed by atoms with E-state index in [1.807, 2.05) is 29.3 Å². The molecule has 1 aliphatic rings. The summed E-state index contributed by atoms with van der Waals surface area (Å²) in [7, 11) is 1.76. The molecule has 1 amide bonds. The summed E-state index contributed by atoms with van der Waals surface area (Å²) in [6, 6.07) is 8.17. The molecule has 8 heteroatoms. The van der Waals surface area contributed by atoms with Gasteiger partial charge in [0.2, 0.25) is 5.91 Å². The van der Waals surface area contributed by atoms with Gasteiger partial charge in [0.1, 0.15) is 0 Å². The smallest absolute Gasteiger partial charge is 0.227 e. The average molecular weight is 513 g/mol.